The van der Waals surface area contributed by atoms with Crippen LogP contribution in [0.2, 0.25) is 0 Å². The van der Waals surface area contributed by atoms with Gasteiger partial charge in [0, 0.05) is 71.7 Å². The van der Waals surface area contributed by atoms with Gasteiger partial charge in [0.05, 0.1) is 44.3 Å². The van der Waals surface area contributed by atoms with Crippen molar-refractivity contribution >= 4 is 76.5 Å². The standard InChI is InChI=1S/C60H36N6O.Pt/c1-4-19-40(20-5-1)62-39-63(52-32-15-14-31-51(52)62)43-25-18-26-44(37-43)67-45-34-35-48-53(38-45)66(54-33-16-17-36-61-54)60-56-47-28-11-13-30-50(47)64(41-21-6-2-7-22-41)58(56)55-46-27-10-12-29-49(46)65(59(55)57(48)60)42-23-8-3-9-24-42;/h1-36H;/q-2;. The minimum absolute atomic E-state index is 0. The van der Waals surface area contributed by atoms with E-state index in [2.05, 4.69) is 188 Å². The Labute approximate surface area is 404 Å². The number of hydrogen-bond donors (Lipinski definition) is 0. The number of ether oxygens (including phenoxy) is 1. The van der Waals surface area contributed by atoms with E-state index >= 15 is 0 Å². The van der Waals surface area contributed by atoms with Crippen LogP contribution >= 0.6 is 0 Å². The van der Waals surface area contributed by atoms with Crippen LogP contribution < -0.4 is 9.30 Å². The molecule has 14 aromatic rings. The Morgan fingerprint density at radius 1 is 0.412 bits per heavy atom. The Hall–Kier alpha value is -8.51. The van der Waals surface area contributed by atoms with E-state index in [4.69, 9.17) is 9.72 Å². The number of imidazole rings is 1. The van der Waals surface area contributed by atoms with Gasteiger partial charge in [0.2, 0.25) is 0 Å². The van der Waals surface area contributed by atoms with Gasteiger partial charge in [0.25, 0.3) is 6.33 Å². The van der Waals surface area contributed by atoms with Gasteiger partial charge in [-0.05, 0) is 71.7 Å². The second kappa shape index (κ2) is 15.8. The van der Waals surface area contributed by atoms with Crippen LogP contribution in [0.25, 0.3) is 105 Å². The first-order chi connectivity index (χ1) is 33.3. The van der Waals surface area contributed by atoms with Gasteiger partial charge >= 0.3 is 0 Å². The maximum absolute atomic E-state index is 6.80. The minimum atomic E-state index is 0. The van der Waals surface area contributed by atoms with Crippen molar-refractivity contribution in [2.75, 3.05) is 0 Å². The van der Waals surface area contributed by atoms with Crippen LogP contribution in [0.4, 0.5) is 0 Å². The molecule has 0 unspecified atom stereocenters. The molecule has 0 fully saturated rings. The van der Waals surface area contributed by atoms with E-state index in [9.17, 15) is 0 Å². The van der Waals surface area contributed by atoms with Crippen molar-refractivity contribution < 1.29 is 30.4 Å². The number of benzene rings is 9. The fraction of sp³-hybridized carbons (Fsp3) is 0. The average Bonchev–Trinajstić information content (AvgIpc) is 4.14. The Balaban J connectivity index is 0.00000457. The van der Waals surface area contributed by atoms with Gasteiger partial charge in [-0.25, -0.2) is 4.98 Å². The molecule has 5 aromatic heterocycles. The van der Waals surface area contributed by atoms with Crippen LogP contribution in [0.1, 0.15) is 0 Å². The van der Waals surface area contributed by atoms with E-state index in [0.29, 0.717) is 11.5 Å². The summed E-state index contributed by atoms with van der Waals surface area (Å²) in [4.78, 5) is 5.06. The minimum Gasteiger partial charge on any atom is -0.510 e. The SMILES string of the molecule is [Pt].[c-]1c(Oc2[c-]c3c(cc2)c2c(c4c5ccccc5n(-c5ccccc5)c4c4c5ccccc5n(-c5ccccc5)c24)n3-c2ccccn2)cccc1-[n+]1[c-]n(-c2ccccc2)c2ccccc21. The number of rotatable bonds is 7. The van der Waals surface area contributed by atoms with Crippen molar-refractivity contribution in [3.8, 4) is 40.1 Å². The van der Waals surface area contributed by atoms with Crippen LogP contribution in [0, 0.1) is 18.5 Å². The summed E-state index contributed by atoms with van der Waals surface area (Å²) in [5.74, 6) is 1.90. The summed E-state index contributed by atoms with van der Waals surface area (Å²) >= 11 is 0. The number of fused-ring (bicyclic) bond motifs is 13. The zero-order valence-corrected chi connectivity index (χ0v) is 38.5. The second-order valence-corrected chi connectivity index (χ2v) is 16.8. The molecular formula is C60H36N6OPt-2. The summed E-state index contributed by atoms with van der Waals surface area (Å²) in [6.07, 6.45) is 5.44. The van der Waals surface area contributed by atoms with Crippen LogP contribution in [0.5, 0.6) is 11.5 Å². The maximum Gasteiger partial charge on any atom is 0.268 e. The number of nitrogens with zero attached hydrogens (tertiary/aromatic N) is 6. The second-order valence-electron chi connectivity index (χ2n) is 16.8. The van der Waals surface area contributed by atoms with Gasteiger partial charge in [0.15, 0.2) is 0 Å². The molecule has 5 heterocycles. The molecule has 0 bridgehead atoms. The predicted molar refractivity (Wildman–Crippen MR) is 269 cm³/mol. The third kappa shape index (κ3) is 5.96. The predicted octanol–water partition coefficient (Wildman–Crippen LogP) is 13.8. The molecular weight excluding hydrogens is 1020 g/mol. The summed E-state index contributed by atoms with van der Waals surface area (Å²) in [7, 11) is 0. The van der Waals surface area contributed by atoms with Gasteiger partial charge in [0.1, 0.15) is 5.82 Å². The van der Waals surface area contributed by atoms with Crippen LogP contribution in [0.15, 0.2) is 219 Å². The Morgan fingerprint density at radius 2 is 0.941 bits per heavy atom. The number of pyridine rings is 1. The zero-order valence-electron chi connectivity index (χ0n) is 36.2. The maximum atomic E-state index is 6.80. The molecule has 0 saturated heterocycles. The first kappa shape index (κ1) is 39.8. The van der Waals surface area contributed by atoms with E-state index in [-0.39, 0.29) is 21.1 Å². The Morgan fingerprint density at radius 3 is 1.57 bits per heavy atom. The number of aromatic nitrogens is 6. The molecule has 0 aliphatic carbocycles. The summed E-state index contributed by atoms with van der Waals surface area (Å²) in [5.41, 5.74) is 12.4. The molecule has 0 spiro atoms. The fourth-order valence-electron chi connectivity index (χ4n) is 10.3. The van der Waals surface area contributed by atoms with E-state index in [0.717, 1.165) is 94.2 Å². The third-order valence-electron chi connectivity index (χ3n) is 13.0. The number of hydrogen-bond acceptors (Lipinski definition) is 2. The molecule has 324 valence electrons. The molecule has 0 radical (unpaired) electrons. The molecule has 8 heteroatoms. The normalized spacial score (nSPS) is 11.7. The molecule has 0 N–H and O–H groups in total. The monoisotopic (exact) mass is 1050 g/mol. The molecule has 0 aliphatic rings. The van der Waals surface area contributed by atoms with Crippen molar-refractivity contribution in [1.82, 2.24) is 23.3 Å². The average molecular weight is 1050 g/mol. The van der Waals surface area contributed by atoms with E-state index in [1.807, 2.05) is 71.4 Å². The van der Waals surface area contributed by atoms with E-state index in [1.54, 1.807) is 0 Å². The van der Waals surface area contributed by atoms with Gasteiger partial charge in [-0.15, -0.1) is 24.3 Å². The van der Waals surface area contributed by atoms with Crippen LogP contribution in [-0.4, -0.2) is 23.3 Å². The quantitative estimate of drug-likeness (QED) is 0.118. The number of para-hydroxylation sites is 7. The van der Waals surface area contributed by atoms with Crippen molar-refractivity contribution in [1.29, 1.82) is 0 Å². The van der Waals surface area contributed by atoms with Gasteiger partial charge in [-0.3, -0.25) is 4.57 Å². The molecule has 0 atom stereocenters. The van der Waals surface area contributed by atoms with Crippen LogP contribution in [-0.2, 0) is 21.1 Å². The summed E-state index contributed by atoms with van der Waals surface area (Å²) in [6, 6.07) is 81.3. The van der Waals surface area contributed by atoms with Crippen molar-refractivity contribution in [2.45, 2.75) is 0 Å². The van der Waals surface area contributed by atoms with E-state index in [1.165, 1.54) is 10.8 Å². The molecule has 0 amide bonds. The molecule has 14 rings (SSSR count). The molecule has 9 aromatic carbocycles. The molecule has 7 nitrogen and oxygen atoms in total. The van der Waals surface area contributed by atoms with Crippen LogP contribution in [0.3, 0.4) is 0 Å². The summed E-state index contributed by atoms with van der Waals surface area (Å²) in [5, 5.41) is 6.78. The third-order valence-corrected chi connectivity index (χ3v) is 13.0. The fourth-order valence-corrected chi connectivity index (χ4v) is 10.3. The van der Waals surface area contributed by atoms with Gasteiger partial charge < -0.3 is 23.0 Å². The molecule has 0 saturated carbocycles. The Kier molecular flexibility index (Phi) is 9.27. The smallest absolute Gasteiger partial charge is 0.268 e. The molecule has 0 aliphatic heterocycles. The Bertz CT molecular complexity index is 4220. The molecule has 68 heavy (non-hydrogen) atoms. The summed E-state index contributed by atoms with van der Waals surface area (Å²) < 4.78 is 18.1. The zero-order chi connectivity index (χ0) is 44.0. The summed E-state index contributed by atoms with van der Waals surface area (Å²) in [6.45, 7) is 0. The van der Waals surface area contributed by atoms with Crippen molar-refractivity contribution in [2.24, 2.45) is 0 Å². The van der Waals surface area contributed by atoms with Crippen molar-refractivity contribution in [3.05, 3.63) is 237 Å². The van der Waals surface area contributed by atoms with Crippen molar-refractivity contribution in [3.63, 3.8) is 0 Å². The first-order valence-corrected chi connectivity index (χ1v) is 22.4. The topological polar surface area (TPSA) is 45.7 Å². The van der Waals surface area contributed by atoms with Gasteiger partial charge in [-0.1, -0.05) is 132 Å². The van der Waals surface area contributed by atoms with Gasteiger partial charge in [-0.2, -0.15) is 18.2 Å². The van der Waals surface area contributed by atoms with E-state index < -0.39 is 0 Å². The first-order valence-electron chi connectivity index (χ1n) is 22.4. The largest absolute Gasteiger partial charge is 0.510 e.